The van der Waals surface area contributed by atoms with Crippen LogP contribution in [0.3, 0.4) is 0 Å². The fourth-order valence-electron chi connectivity index (χ4n) is 2.04. The lowest BCUT2D eigenvalue weighted by molar-refractivity contribution is -0.137. The molecule has 1 aromatic heterocycles. The van der Waals surface area contributed by atoms with E-state index in [0.717, 1.165) is 12.1 Å². The Kier molecular flexibility index (Phi) is 4.63. The van der Waals surface area contributed by atoms with Crippen molar-refractivity contribution in [2.24, 2.45) is 0 Å². The van der Waals surface area contributed by atoms with Gasteiger partial charge in [0, 0.05) is 11.3 Å². The van der Waals surface area contributed by atoms with Crippen molar-refractivity contribution in [2.45, 2.75) is 12.7 Å². The maximum atomic E-state index is 13.3. The Morgan fingerprint density at radius 3 is 2.44 bits per heavy atom. The second kappa shape index (κ2) is 6.72. The molecule has 1 N–H and O–H groups in total. The number of anilines is 1. The van der Waals surface area contributed by atoms with Gasteiger partial charge in [0.1, 0.15) is 5.82 Å². The Bertz CT molecular complexity index is 878. The van der Waals surface area contributed by atoms with Crippen LogP contribution in [0.15, 0.2) is 47.0 Å². The molecule has 0 saturated carbocycles. The van der Waals surface area contributed by atoms with Gasteiger partial charge < -0.3 is 9.84 Å². The molecule has 25 heavy (non-hydrogen) atoms. The second-order valence-corrected chi connectivity index (χ2v) is 5.48. The van der Waals surface area contributed by atoms with Gasteiger partial charge in [-0.2, -0.15) is 18.2 Å². The van der Waals surface area contributed by atoms with Gasteiger partial charge in [-0.05, 0) is 30.3 Å². The highest BCUT2D eigenvalue weighted by Crippen LogP contribution is 2.30. The van der Waals surface area contributed by atoms with Gasteiger partial charge in [-0.15, -0.1) is 0 Å². The number of halogens is 5. The number of nitrogens with zero attached hydrogens (tertiary/aromatic N) is 2. The molecule has 0 bridgehead atoms. The molecular formula is C16H10ClF4N3O. The zero-order valence-corrected chi connectivity index (χ0v) is 13.2. The fourth-order valence-corrected chi connectivity index (χ4v) is 2.15. The quantitative estimate of drug-likeness (QED) is 0.644. The Morgan fingerprint density at radius 1 is 1.08 bits per heavy atom. The highest BCUT2D eigenvalue weighted by Gasteiger charge is 2.30. The summed E-state index contributed by atoms with van der Waals surface area (Å²) >= 11 is 5.59. The van der Waals surface area contributed by atoms with E-state index in [9.17, 15) is 17.6 Å². The van der Waals surface area contributed by atoms with Crippen LogP contribution in [0.25, 0.3) is 11.4 Å². The van der Waals surface area contributed by atoms with Crippen LogP contribution in [0.5, 0.6) is 0 Å². The number of aromatic nitrogens is 2. The lowest BCUT2D eigenvalue weighted by Gasteiger charge is -2.05. The Labute approximate surface area is 144 Å². The highest BCUT2D eigenvalue weighted by atomic mass is 35.5. The Hall–Kier alpha value is -2.61. The summed E-state index contributed by atoms with van der Waals surface area (Å²) in [4.78, 5) is 4.09. The minimum Gasteiger partial charge on any atom is -0.376 e. The topological polar surface area (TPSA) is 51.0 Å². The van der Waals surface area contributed by atoms with E-state index in [-0.39, 0.29) is 23.3 Å². The minimum absolute atomic E-state index is 0.00734. The van der Waals surface area contributed by atoms with Gasteiger partial charge in [0.2, 0.25) is 11.7 Å². The first-order valence-electron chi connectivity index (χ1n) is 7.02. The maximum absolute atomic E-state index is 13.3. The smallest absolute Gasteiger partial charge is 0.376 e. The SMILES string of the molecule is Fc1cc(NCc2nc(-c3ccc(C(F)(F)F)cc3)no2)ccc1Cl. The third-order valence-electron chi connectivity index (χ3n) is 3.30. The van der Waals surface area contributed by atoms with E-state index < -0.39 is 17.6 Å². The van der Waals surface area contributed by atoms with Crippen molar-refractivity contribution >= 4 is 17.3 Å². The van der Waals surface area contributed by atoms with Crippen molar-refractivity contribution in [1.82, 2.24) is 10.1 Å². The molecule has 2 aromatic carbocycles. The van der Waals surface area contributed by atoms with Crippen molar-refractivity contribution in [1.29, 1.82) is 0 Å². The molecule has 3 aromatic rings. The largest absolute Gasteiger partial charge is 0.416 e. The van der Waals surface area contributed by atoms with Crippen LogP contribution >= 0.6 is 11.6 Å². The summed E-state index contributed by atoms with van der Waals surface area (Å²) in [5.74, 6) is -0.208. The van der Waals surface area contributed by atoms with Crippen molar-refractivity contribution in [3.8, 4) is 11.4 Å². The van der Waals surface area contributed by atoms with Crippen molar-refractivity contribution in [3.05, 3.63) is 64.8 Å². The fraction of sp³-hybridized carbons (Fsp3) is 0.125. The number of nitrogens with one attached hydrogen (secondary N) is 1. The molecule has 4 nitrogen and oxygen atoms in total. The summed E-state index contributed by atoms with van der Waals surface area (Å²) in [5.41, 5.74) is 0.100. The van der Waals surface area contributed by atoms with E-state index in [2.05, 4.69) is 15.5 Å². The molecule has 0 aliphatic heterocycles. The standard InChI is InChI=1S/C16H10ClF4N3O/c17-12-6-5-11(7-13(12)18)22-8-14-23-15(24-25-14)9-1-3-10(4-2-9)16(19,20)21/h1-7,22H,8H2. The average molecular weight is 372 g/mol. The molecule has 130 valence electrons. The monoisotopic (exact) mass is 371 g/mol. The summed E-state index contributed by atoms with van der Waals surface area (Å²) in [6, 6.07) is 8.62. The second-order valence-electron chi connectivity index (χ2n) is 5.07. The number of hydrogen-bond acceptors (Lipinski definition) is 4. The van der Waals surface area contributed by atoms with Crippen molar-refractivity contribution in [2.75, 3.05) is 5.32 Å². The molecule has 0 aliphatic carbocycles. The predicted octanol–water partition coefficient (Wildman–Crippen LogP) is 5.16. The lowest BCUT2D eigenvalue weighted by Crippen LogP contribution is -2.04. The molecule has 0 spiro atoms. The van der Waals surface area contributed by atoms with Gasteiger partial charge >= 0.3 is 6.18 Å². The third-order valence-corrected chi connectivity index (χ3v) is 3.61. The van der Waals surface area contributed by atoms with Crippen LogP contribution < -0.4 is 5.32 Å². The first-order valence-corrected chi connectivity index (χ1v) is 7.40. The molecule has 0 amide bonds. The molecule has 0 radical (unpaired) electrons. The van der Waals surface area contributed by atoms with E-state index in [1.165, 1.54) is 24.3 Å². The van der Waals surface area contributed by atoms with E-state index in [0.29, 0.717) is 11.3 Å². The molecule has 0 atom stereocenters. The zero-order valence-electron chi connectivity index (χ0n) is 12.4. The summed E-state index contributed by atoms with van der Waals surface area (Å²) in [7, 11) is 0. The number of alkyl halides is 3. The van der Waals surface area contributed by atoms with Crippen LogP contribution in [-0.4, -0.2) is 10.1 Å². The zero-order chi connectivity index (χ0) is 18.0. The van der Waals surface area contributed by atoms with E-state index in [1.807, 2.05) is 0 Å². The van der Waals surface area contributed by atoms with Crippen LogP contribution in [0, 0.1) is 5.82 Å². The van der Waals surface area contributed by atoms with Gasteiger partial charge in [-0.1, -0.05) is 28.9 Å². The normalized spacial score (nSPS) is 11.6. The molecular weight excluding hydrogens is 362 g/mol. The third kappa shape index (κ3) is 4.08. The van der Waals surface area contributed by atoms with Crippen LogP contribution in [-0.2, 0) is 12.7 Å². The van der Waals surface area contributed by atoms with E-state index >= 15 is 0 Å². The van der Waals surface area contributed by atoms with Gasteiger partial charge in [0.05, 0.1) is 17.1 Å². The number of benzene rings is 2. The van der Waals surface area contributed by atoms with Crippen molar-refractivity contribution < 1.29 is 22.1 Å². The number of rotatable bonds is 4. The van der Waals surface area contributed by atoms with E-state index in [1.54, 1.807) is 6.07 Å². The Balaban J connectivity index is 1.68. The molecule has 0 fully saturated rings. The van der Waals surface area contributed by atoms with Gasteiger partial charge in [-0.25, -0.2) is 4.39 Å². The van der Waals surface area contributed by atoms with Crippen molar-refractivity contribution in [3.63, 3.8) is 0 Å². The summed E-state index contributed by atoms with van der Waals surface area (Å²) in [5, 5.41) is 6.61. The van der Waals surface area contributed by atoms with Gasteiger partial charge in [0.25, 0.3) is 0 Å². The molecule has 0 aliphatic rings. The van der Waals surface area contributed by atoms with Gasteiger partial charge in [0.15, 0.2) is 0 Å². The molecule has 1 heterocycles. The average Bonchev–Trinajstić information content (AvgIpc) is 3.04. The first-order chi connectivity index (χ1) is 11.8. The molecule has 9 heteroatoms. The minimum atomic E-state index is -4.40. The lowest BCUT2D eigenvalue weighted by atomic mass is 10.1. The summed E-state index contributed by atoms with van der Waals surface area (Å²) in [6.07, 6.45) is -4.40. The summed E-state index contributed by atoms with van der Waals surface area (Å²) in [6.45, 7) is 0.120. The molecule has 0 saturated heterocycles. The van der Waals surface area contributed by atoms with Gasteiger partial charge in [-0.3, -0.25) is 0 Å². The van der Waals surface area contributed by atoms with Crippen LogP contribution in [0.1, 0.15) is 11.5 Å². The maximum Gasteiger partial charge on any atom is 0.416 e. The molecule has 3 rings (SSSR count). The van der Waals surface area contributed by atoms with Crippen LogP contribution in [0.2, 0.25) is 5.02 Å². The molecule has 0 unspecified atom stereocenters. The number of hydrogen-bond donors (Lipinski definition) is 1. The van der Waals surface area contributed by atoms with Crippen LogP contribution in [0.4, 0.5) is 23.2 Å². The Morgan fingerprint density at radius 2 is 1.80 bits per heavy atom. The predicted molar refractivity (Wildman–Crippen MR) is 83.5 cm³/mol. The highest BCUT2D eigenvalue weighted by molar-refractivity contribution is 6.30. The summed E-state index contributed by atoms with van der Waals surface area (Å²) < 4.78 is 56.0. The first kappa shape index (κ1) is 17.2. The van der Waals surface area contributed by atoms with E-state index in [4.69, 9.17) is 16.1 Å².